The van der Waals surface area contributed by atoms with Gasteiger partial charge >= 0.3 is 6.18 Å². The molecular formula is C23H20F4N4OS. The Balaban J connectivity index is 1.64. The van der Waals surface area contributed by atoms with Crippen LogP contribution in [-0.4, -0.2) is 29.8 Å². The number of aromatic nitrogens is 2. The van der Waals surface area contributed by atoms with Crippen molar-refractivity contribution in [3.8, 4) is 0 Å². The molecule has 1 amide bonds. The van der Waals surface area contributed by atoms with Crippen molar-refractivity contribution in [1.82, 2.24) is 9.78 Å². The second-order valence-corrected chi connectivity index (χ2v) is 8.81. The number of carbonyl (C=O) groups excluding carboxylic acids is 1. The van der Waals surface area contributed by atoms with Crippen LogP contribution < -0.4 is 10.2 Å². The van der Waals surface area contributed by atoms with E-state index in [4.69, 9.17) is 0 Å². The van der Waals surface area contributed by atoms with Gasteiger partial charge in [0, 0.05) is 25.2 Å². The molecule has 2 aromatic heterocycles. The first kappa shape index (κ1) is 22.8. The first-order valence-corrected chi connectivity index (χ1v) is 10.8. The second kappa shape index (κ2) is 8.51. The zero-order chi connectivity index (χ0) is 23.9. The highest BCUT2D eigenvalue weighted by atomic mass is 32.1. The fourth-order valence-electron chi connectivity index (χ4n) is 3.43. The lowest BCUT2D eigenvalue weighted by Gasteiger charge is -2.18. The first-order valence-electron chi connectivity index (χ1n) is 9.94. The third kappa shape index (κ3) is 4.70. The normalized spacial score (nSPS) is 11.7. The van der Waals surface area contributed by atoms with Gasteiger partial charge in [0.15, 0.2) is 0 Å². The number of benzene rings is 2. The van der Waals surface area contributed by atoms with Crippen molar-refractivity contribution in [3.63, 3.8) is 0 Å². The summed E-state index contributed by atoms with van der Waals surface area (Å²) in [5, 5.41) is 7.62. The molecule has 0 atom stereocenters. The summed E-state index contributed by atoms with van der Waals surface area (Å²) in [6.07, 6.45) is -4.62. The number of carbonyl (C=O) groups is 1. The maximum Gasteiger partial charge on any atom is 0.418 e. The van der Waals surface area contributed by atoms with Crippen LogP contribution >= 0.6 is 11.3 Å². The minimum Gasteiger partial charge on any atom is -0.378 e. The summed E-state index contributed by atoms with van der Waals surface area (Å²) in [6, 6.07) is 11.4. The van der Waals surface area contributed by atoms with Crippen molar-refractivity contribution in [2.45, 2.75) is 19.6 Å². The number of hydrogen-bond donors (Lipinski definition) is 1. The van der Waals surface area contributed by atoms with E-state index in [9.17, 15) is 22.4 Å². The Bertz CT molecular complexity index is 1320. The average molecular weight is 476 g/mol. The zero-order valence-corrected chi connectivity index (χ0v) is 18.8. The molecule has 2 aromatic carbocycles. The van der Waals surface area contributed by atoms with Gasteiger partial charge in [-0.3, -0.25) is 9.48 Å². The van der Waals surface area contributed by atoms with Crippen molar-refractivity contribution < 1.29 is 22.4 Å². The lowest BCUT2D eigenvalue weighted by atomic mass is 10.1. The van der Waals surface area contributed by atoms with E-state index in [2.05, 4.69) is 10.4 Å². The quantitative estimate of drug-likeness (QED) is 0.363. The molecule has 0 aliphatic carbocycles. The van der Waals surface area contributed by atoms with Crippen LogP contribution in [-0.2, 0) is 12.7 Å². The summed E-state index contributed by atoms with van der Waals surface area (Å²) in [5.74, 6) is -0.973. The van der Waals surface area contributed by atoms with Crippen LogP contribution in [0.5, 0.6) is 0 Å². The molecular weight excluding hydrogens is 456 g/mol. The highest BCUT2D eigenvalue weighted by Crippen LogP contribution is 2.38. The van der Waals surface area contributed by atoms with E-state index in [0.717, 1.165) is 28.4 Å². The van der Waals surface area contributed by atoms with Gasteiger partial charge in [-0.2, -0.15) is 18.3 Å². The molecule has 172 valence electrons. The van der Waals surface area contributed by atoms with Crippen molar-refractivity contribution in [2.75, 3.05) is 24.3 Å². The van der Waals surface area contributed by atoms with Gasteiger partial charge in [-0.05, 0) is 48.9 Å². The molecule has 0 saturated heterocycles. The molecule has 0 bridgehead atoms. The van der Waals surface area contributed by atoms with Crippen LogP contribution in [0, 0.1) is 12.7 Å². The van der Waals surface area contributed by atoms with Gasteiger partial charge in [-0.1, -0.05) is 12.1 Å². The van der Waals surface area contributed by atoms with Crippen LogP contribution in [0.2, 0.25) is 0 Å². The Labute approximate surface area is 191 Å². The van der Waals surface area contributed by atoms with Gasteiger partial charge in [0.1, 0.15) is 10.6 Å². The van der Waals surface area contributed by atoms with Crippen LogP contribution in [0.1, 0.15) is 26.5 Å². The van der Waals surface area contributed by atoms with Crippen LogP contribution in [0.4, 0.5) is 28.9 Å². The molecule has 4 rings (SSSR count). The third-order valence-electron chi connectivity index (χ3n) is 5.15. The number of aryl methyl sites for hydroxylation is 1. The smallest absolute Gasteiger partial charge is 0.378 e. The summed E-state index contributed by atoms with van der Waals surface area (Å²) in [6.45, 7) is 2.16. The lowest BCUT2D eigenvalue weighted by molar-refractivity contribution is -0.136. The van der Waals surface area contributed by atoms with Gasteiger partial charge in [0.25, 0.3) is 5.91 Å². The zero-order valence-electron chi connectivity index (χ0n) is 18.0. The van der Waals surface area contributed by atoms with Crippen molar-refractivity contribution in [3.05, 3.63) is 76.0 Å². The maximum atomic E-state index is 13.6. The van der Waals surface area contributed by atoms with Crippen LogP contribution in [0.15, 0.2) is 48.5 Å². The Morgan fingerprint density at radius 2 is 1.82 bits per heavy atom. The van der Waals surface area contributed by atoms with Gasteiger partial charge < -0.3 is 10.2 Å². The molecule has 0 spiro atoms. The second-order valence-electron chi connectivity index (χ2n) is 7.78. The summed E-state index contributed by atoms with van der Waals surface area (Å²) in [7, 11) is 3.28. The number of amides is 1. The van der Waals surface area contributed by atoms with E-state index in [0.29, 0.717) is 22.8 Å². The molecule has 4 aromatic rings. The summed E-state index contributed by atoms with van der Waals surface area (Å²) < 4.78 is 55.7. The molecule has 1 N–H and O–H groups in total. The number of halogens is 4. The van der Waals surface area contributed by atoms with Gasteiger partial charge in [-0.25, -0.2) is 4.39 Å². The minimum absolute atomic E-state index is 0.267. The standard InChI is InChI=1S/C23H20F4N4OS/c1-13-17-11-20(33-22(17)31(29-13)12-14-4-6-15(24)7-5-14)21(32)28-19-9-8-16(30(2)3)10-18(19)23(25,26)27/h4-11H,12H2,1-3H3,(H,28,32). The average Bonchev–Trinajstić information content (AvgIpc) is 3.30. The van der Waals surface area contributed by atoms with Crippen LogP contribution in [0.3, 0.4) is 0 Å². The lowest BCUT2D eigenvalue weighted by Crippen LogP contribution is -2.17. The topological polar surface area (TPSA) is 50.2 Å². The van der Waals surface area contributed by atoms with Gasteiger partial charge in [-0.15, -0.1) is 11.3 Å². The number of thiophene rings is 1. The van der Waals surface area contributed by atoms with E-state index in [1.165, 1.54) is 24.3 Å². The predicted molar refractivity (Wildman–Crippen MR) is 122 cm³/mol. The number of nitrogens with zero attached hydrogens (tertiary/aromatic N) is 3. The molecule has 0 radical (unpaired) electrons. The SMILES string of the molecule is Cc1nn(Cc2ccc(F)cc2)c2sc(C(=O)Nc3ccc(N(C)C)cc3C(F)(F)F)cc12. The van der Waals surface area contributed by atoms with Crippen molar-refractivity contribution in [1.29, 1.82) is 0 Å². The highest BCUT2D eigenvalue weighted by molar-refractivity contribution is 7.20. The molecule has 5 nitrogen and oxygen atoms in total. The Morgan fingerprint density at radius 3 is 2.45 bits per heavy atom. The molecule has 2 heterocycles. The van der Waals surface area contributed by atoms with Gasteiger partial charge in [0.2, 0.25) is 0 Å². The molecule has 0 unspecified atom stereocenters. The van der Waals surface area contributed by atoms with Gasteiger partial charge in [0.05, 0.1) is 28.4 Å². The number of alkyl halides is 3. The fraction of sp³-hybridized carbons (Fsp3) is 0.217. The monoisotopic (exact) mass is 476 g/mol. The summed E-state index contributed by atoms with van der Waals surface area (Å²) in [5.41, 5.74) is 0.672. The molecule has 10 heteroatoms. The highest BCUT2D eigenvalue weighted by Gasteiger charge is 2.34. The van der Waals surface area contributed by atoms with Crippen molar-refractivity contribution in [2.24, 2.45) is 0 Å². The van der Waals surface area contributed by atoms with Crippen molar-refractivity contribution >= 4 is 38.8 Å². The van der Waals surface area contributed by atoms with Crippen LogP contribution in [0.25, 0.3) is 10.2 Å². The van der Waals surface area contributed by atoms with E-state index in [1.807, 2.05) is 0 Å². The number of anilines is 2. The van der Waals surface area contributed by atoms with E-state index < -0.39 is 17.6 Å². The van der Waals surface area contributed by atoms with E-state index in [1.54, 1.807) is 48.8 Å². The summed E-state index contributed by atoms with van der Waals surface area (Å²) in [4.78, 5) is 15.4. The Kier molecular flexibility index (Phi) is 5.87. The molecule has 0 fully saturated rings. The summed E-state index contributed by atoms with van der Waals surface area (Å²) >= 11 is 1.14. The first-order chi connectivity index (χ1) is 15.5. The number of rotatable bonds is 5. The molecule has 0 saturated carbocycles. The Hall–Kier alpha value is -3.40. The maximum absolute atomic E-state index is 13.6. The van der Waals surface area contributed by atoms with E-state index in [-0.39, 0.29) is 16.4 Å². The predicted octanol–water partition coefficient (Wildman–Crippen LogP) is 5.93. The molecule has 0 aliphatic rings. The fourth-order valence-corrected chi connectivity index (χ4v) is 4.49. The third-order valence-corrected chi connectivity index (χ3v) is 6.30. The number of hydrogen-bond acceptors (Lipinski definition) is 4. The molecule has 33 heavy (non-hydrogen) atoms. The Morgan fingerprint density at radius 1 is 1.12 bits per heavy atom. The molecule has 0 aliphatic heterocycles. The largest absolute Gasteiger partial charge is 0.418 e. The number of fused-ring (bicyclic) bond motifs is 1. The van der Waals surface area contributed by atoms with E-state index >= 15 is 0 Å². The minimum atomic E-state index is -4.62. The number of nitrogens with one attached hydrogen (secondary N) is 1.